The molecule has 116 valence electrons. The Morgan fingerprint density at radius 3 is 2.52 bits per heavy atom. The number of nitrogens with one attached hydrogen (secondary N) is 2. The monoisotopic (exact) mass is 294 g/mol. The lowest BCUT2D eigenvalue weighted by molar-refractivity contribution is -0.384. The number of hydrogen-bond acceptors (Lipinski definition) is 5. The molecular weight excluding hydrogens is 272 g/mol. The highest BCUT2D eigenvalue weighted by molar-refractivity contribution is 5.82. The molecule has 0 aliphatic heterocycles. The van der Waals surface area contributed by atoms with Crippen molar-refractivity contribution < 1.29 is 9.72 Å². The van der Waals surface area contributed by atoms with Gasteiger partial charge in [0.25, 0.3) is 5.69 Å². The molecule has 1 atom stereocenters. The predicted octanol–water partition coefficient (Wildman–Crippen LogP) is 1.50. The number of carbonyl (C=O) groups is 1. The fourth-order valence-corrected chi connectivity index (χ4v) is 1.67. The number of nitro benzene ring substituents is 1. The van der Waals surface area contributed by atoms with Gasteiger partial charge in [-0.25, -0.2) is 0 Å². The van der Waals surface area contributed by atoms with Crippen LogP contribution in [0.15, 0.2) is 24.3 Å². The maximum Gasteiger partial charge on any atom is 0.292 e. The van der Waals surface area contributed by atoms with Crippen LogP contribution in [0.5, 0.6) is 0 Å². The van der Waals surface area contributed by atoms with Gasteiger partial charge < -0.3 is 16.4 Å². The van der Waals surface area contributed by atoms with E-state index in [4.69, 9.17) is 5.73 Å². The first kappa shape index (κ1) is 16.9. The predicted molar refractivity (Wildman–Crippen MR) is 82.0 cm³/mol. The number of rotatable bonds is 6. The topological polar surface area (TPSA) is 110 Å². The highest BCUT2D eigenvalue weighted by Crippen LogP contribution is 2.22. The van der Waals surface area contributed by atoms with Crippen molar-refractivity contribution in [3.8, 4) is 0 Å². The molecule has 0 saturated carbocycles. The van der Waals surface area contributed by atoms with Gasteiger partial charge in [-0.2, -0.15) is 0 Å². The molecule has 0 heterocycles. The first-order chi connectivity index (χ1) is 9.73. The van der Waals surface area contributed by atoms with E-state index < -0.39 is 11.0 Å². The Morgan fingerprint density at radius 2 is 1.95 bits per heavy atom. The van der Waals surface area contributed by atoms with Gasteiger partial charge in [-0.05, 0) is 11.5 Å². The van der Waals surface area contributed by atoms with Crippen LogP contribution in [0, 0.1) is 15.5 Å². The van der Waals surface area contributed by atoms with Crippen LogP contribution >= 0.6 is 0 Å². The maximum atomic E-state index is 11.8. The summed E-state index contributed by atoms with van der Waals surface area (Å²) in [6.07, 6.45) is 0. The zero-order valence-corrected chi connectivity index (χ0v) is 12.6. The van der Waals surface area contributed by atoms with E-state index in [1.807, 2.05) is 20.8 Å². The Labute approximate surface area is 124 Å². The second-order valence-corrected chi connectivity index (χ2v) is 5.84. The molecule has 7 heteroatoms. The summed E-state index contributed by atoms with van der Waals surface area (Å²) >= 11 is 0. The van der Waals surface area contributed by atoms with Crippen LogP contribution in [-0.4, -0.2) is 30.0 Å². The molecule has 0 aromatic heterocycles. The van der Waals surface area contributed by atoms with Crippen molar-refractivity contribution in [1.29, 1.82) is 0 Å². The molecule has 0 bridgehead atoms. The van der Waals surface area contributed by atoms with Gasteiger partial charge in [-0.1, -0.05) is 32.9 Å². The molecule has 1 rings (SSSR count). The third kappa shape index (κ3) is 5.03. The van der Waals surface area contributed by atoms with E-state index >= 15 is 0 Å². The molecule has 7 nitrogen and oxygen atoms in total. The molecular formula is C14H22N4O3. The van der Waals surface area contributed by atoms with E-state index in [0.717, 1.165) is 0 Å². The second-order valence-electron chi connectivity index (χ2n) is 5.84. The van der Waals surface area contributed by atoms with Gasteiger partial charge >= 0.3 is 0 Å². The number of nitrogens with two attached hydrogens (primary N) is 1. The first-order valence-electron chi connectivity index (χ1n) is 6.74. The lowest BCUT2D eigenvalue weighted by Crippen LogP contribution is -2.49. The maximum absolute atomic E-state index is 11.8. The fraction of sp³-hybridized carbons (Fsp3) is 0.500. The van der Waals surface area contributed by atoms with Crippen LogP contribution in [-0.2, 0) is 4.79 Å². The van der Waals surface area contributed by atoms with Crippen LogP contribution < -0.4 is 16.4 Å². The summed E-state index contributed by atoms with van der Waals surface area (Å²) in [5.74, 6) is -0.230. The number of nitrogens with zero attached hydrogens (tertiary/aromatic N) is 1. The lowest BCUT2D eigenvalue weighted by Gasteiger charge is -2.25. The second kappa shape index (κ2) is 7.03. The molecule has 4 N–H and O–H groups in total. The highest BCUT2D eigenvalue weighted by Gasteiger charge is 2.26. The van der Waals surface area contributed by atoms with Gasteiger partial charge in [0.15, 0.2) is 0 Å². The van der Waals surface area contributed by atoms with Crippen molar-refractivity contribution in [2.24, 2.45) is 11.1 Å². The number of anilines is 1. The highest BCUT2D eigenvalue weighted by atomic mass is 16.6. The number of carbonyl (C=O) groups excluding carboxylic acids is 1. The van der Waals surface area contributed by atoms with Crippen LogP contribution in [0.3, 0.4) is 0 Å². The van der Waals surface area contributed by atoms with Gasteiger partial charge in [0.2, 0.25) is 5.91 Å². The normalized spacial score (nSPS) is 12.6. The molecule has 1 aromatic carbocycles. The molecule has 1 aromatic rings. The summed E-state index contributed by atoms with van der Waals surface area (Å²) in [7, 11) is 0. The average Bonchev–Trinajstić information content (AvgIpc) is 2.41. The van der Waals surface area contributed by atoms with Crippen molar-refractivity contribution >= 4 is 17.3 Å². The third-order valence-corrected chi connectivity index (χ3v) is 3.06. The van der Waals surface area contributed by atoms with Gasteiger partial charge in [-0.15, -0.1) is 0 Å². The molecule has 0 unspecified atom stereocenters. The molecule has 0 radical (unpaired) electrons. The number of amides is 1. The van der Waals surface area contributed by atoms with Gasteiger partial charge in [-0.3, -0.25) is 14.9 Å². The zero-order valence-electron chi connectivity index (χ0n) is 12.6. The van der Waals surface area contributed by atoms with Crippen molar-refractivity contribution in [3.05, 3.63) is 34.4 Å². The van der Waals surface area contributed by atoms with E-state index in [1.165, 1.54) is 6.07 Å². The average molecular weight is 294 g/mol. The number of para-hydroxylation sites is 2. The van der Waals surface area contributed by atoms with Crippen LogP contribution in [0.2, 0.25) is 0 Å². The quantitative estimate of drug-likeness (QED) is 0.418. The van der Waals surface area contributed by atoms with E-state index in [9.17, 15) is 14.9 Å². The molecule has 1 amide bonds. The molecule has 0 spiro atoms. The number of hydrogen-bond donors (Lipinski definition) is 3. The first-order valence-corrected chi connectivity index (χ1v) is 6.74. The Bertz CT molecular complexity index is 511. The van der Waals surface area contributed by atoms with Crippen LogP contribution in [0.4, 0.5) is 11.4 Å². The minimum atomic E-state index is -0.594. The van der Waals surface area contributed by atoms with Gasteiger partial charge in [0.1, 0.15) is 5.69 Å². The molecule has 0 saturated heterocycles. The van der Waals surface area contributed by atoms with Crippen molar-refractivity contribution in [2.45, 2.75) is 26.8 Å². The summed E-state index contributed by atoms with van der Waals surface area (Å²) < 4.78 is 0. The lowest BCUT2D eigenvalue weighted by atomic mass is 9.87. The standard InChI is InChI=1S/C14H22N4O3/c1-14(2,3)12(15)13(19)17-9-8-16-10-6-4-5-7-11(10)18(20)21/h4-7,12,16H,8-9,15H2,1-3H3,(H,17,19)/t12-/m1/s1. The molecule has 0 aliphatic rings. The Kier molecular flexibility index (Phi) is 5.66. The Hall–Kier alpha value is -2.15. The van der Waals surface area contributed by atoms with Gasteiger partial charge in [0.05, 0.1) is 11.0 Å². The Morgan fingerprint density at radius 1 is 1.33 bits per heavy atom. The molecule has 0 aliphatic carbocycles. The van der Waals surface area contributed by atoms with E-state index in [1.54, 1.807) is 18.2 Å². The van der Waals surface area contributed by atoms with Crippen molar-refractivity contribution in [2.75, 3.05) is 18.4 Å². The molecule has 0 fully saturated rings. The van der Waals surface area contributed by atoms with Crippen LogP contribution in [0.1, 0.15) is 20.8 Å². The van der Waals surface area contributed by atoms with Gasteiger partial charge in [0, 0.05) is 19.2 Å². The smallest absolute Gasteiger partial charge is 0.292 e. The fourth-order valence-electron chi connectivity index (χ4n) is 1.67. The summed E-state index contributed by atoms with van der Waals surface area (Å²) in [6, 6.07) is 5.78. The van der Waals surface area contributed by atoms with Crippen molar-refractivity contribution in [1.82, 2.24) is 5.32 Å². The van der Waals surface area contributed by atoms with Crippen molar-refractivity contribution in [3.63, 3.8) is 0 Å². The van der Waals surface area contributed by atoms with E-state index in [2.05, 4.69) is 10.6 Å². The summed E-state index contributed by atoms with van der Waals surface area (Å²) in [5.41, 5.74) is 5.96. The Balaban J connectivity index is 2.45. The minimum Gasteiger partial charge on any atom is -0.378 e. The molecule has 21 heavy (non-hydrogen) atoms. The SMILES string of the molecule is CC(C)(C)[C@H](N)C(=O)NCCNc1ccccc1[N+](=O)[O-]. The summed E-state index contributed by atoms with van der Waals surface area (Å²) in [6.45, 7) is 6.40. The summed E-state index contributed by atoms with van der Waals surface area (Å²) in [4.78, 5) is 22.2. The summed E-state index contributed by atoms with van der Waals surface area (Å²) in [5, 5.41) is 16.5. The zero-order chi connectivity index (χ0) is 16.0. The van der Waals surface area contributed by atoms with Crippen LogP contribution in [0.25, 0.3) is 0 Å². The third-order valence-electron chi connectivity index (χ3n) is 3.06. The van der Waals surface area contributed by atoms with E-state index in [0.29, 0.717) is 18.8 Å². The van der Waals surface area contributed by atoms with E-state index in [-0.39, 0.29) is 17.0 Å². The minimum absolute atomic E-state index is 0.00946. The largest absolute Gasteiger partial charge is 0.378 e. The number of nitro groups is 1. The number of benzene rings is 1.